The van der Waals surface area contributed by atoms with Crippen molar-refractivity contribution in [2.24, 2.45) is 0 Å². The fraction of sp³-hybridized carbons (Fsp3) is 0.375. The highest BCUT2D eigenvalue weighted by Crippen LogP contribution is 2.24. The van der Waals surface area contributed by atoms with Gasteiger partial charge in [0.2, 0.25) is 0 Å². The summed E-state index contributed by atoms with van der Waals surface area (Å²) in [7, 11) is 0. The summed E-state index contributed by atoms with van der Waals surface area (Å²) in [5.41, 5.74) is 1.12. The van der Waals surface area contributed by atoms with Crippen molar-refractivity contribution < 1.29 is 4.42 Å². The molecule has 0 unspecified atom stereocenters. The van der Waals surface area contributed by atoms with E-state index in [2.05, 4.69) is 50.4 Å². The SMILES string of the molecule is Brc1ccc(-c2ccc(CN3CCCNCC3)o2)cc1. The summed E-state index contributed by atoms with van der Waals surface area (Å²) in [5, 5.41) is 3.42. The largest absolute Gasteiger partial charge is 0.460 e. The number of hydrogen-bond acceptors (Lipinski definition) is 3. The number of benzene rings is 1. The molecule has 0 aliphatic carbocycles. The van der Waals surface area contributed by atoms with Gasteiger partial charge in [0, 0.05) is 23.1 Å². The summed E-state index contributed by atoms with van der Waals surface area (Å²) >= 11 is 3.45. The fourth-order valence-corrected chi connectivity index (χ4v) is 2.78. The zero-order valence-corrected chi connectivity index (χ0v) is 13.0. The van der Waals surface area contributed by atoms with E-state index in [9.17, 15) is 0 Å². The number of nitrogens with one attached hydrogen (secondary N) is 1. The topological polar surface area (TPSA) is 28.4 Å². The summed E-state index contributed by atoms with van der Waals surface area (Å²) in [4.78, 5) is 2.45. The van der Waals surface area contributed by atoms with E-state index in [4.69, 9.17) is 4.42 Å². The minimum absolute atomic E-state index is 0.901. The van der Waals surface area contributed by atoms with Crippen molar-refractivity contribution in [3.05, 3.63) is 46.6 Å². The standard InChI is InChI=1S/C16H19BrN2O/c17-14-4-2-13(3-5-14)16-7-6-15(20-16)12-19-10-1-8-18-9-11-19/h2-7,18H,1,8-12H2. The van der Waals surface area contributed by atoms with Crippen LogP contribution in [0.25, 0.3) is 11.3 Å². The second-order valence-electron chi connectivity index (χ2n) is 5.15. The van der Waals surface area contributed by atoms with Gasteiger partial charge < -0.3 is 9.73 Å². The molecule has 0 bridgehead atoms. The molecule has 1 aromatic carbocycles. The second-order valence-corrected chi connectivity index (χ2v) is 6.07. The smallest absolute Gasteiger partial charge is 0.134 e. The molecule has 1 aromatic heterocycles. The first-order valence-electron chi connectivity index (χ1n) is 7.09. The normalized spacial score (nSPS) is 17.1. The summed E-state index contributed by atoms with van der Waals surface area (Å²) in [5.74, 6) is 1.99. The van der Waals surface area contributed by atoms with Gasteiger partial charge in [-0.1, -0.05) is 28.1 Å². The van der Waals surface area contributed by atoms with E-state index >= 15 is 0 Å². The Morgan fingerprint density at radius 2 is 1.90 bits per heavy atom. The Balaban J connectivity index is 1.68. The lowest BCUT2D eigenvalue weighted by Crippen LogP contribution is -2.27. The van der Waals surface area contributed by atoms with Gasteiger partial charge in [0.15, 0.2) is 0 Å². The highest BCUT2D eigenvalue weighted by atomic mass is 79.9. The van der Waals surface area contributed by atoms with Crippen LogP contribution in [0.15, 0.2) is 45.3 Å². The number of halogens is 1. The van der Waals surface area contributed by atoms with Crippen molar-refractivity contribution >= 4 is 15.9 Å². The third kappa shape index (κ3) is 3.51. The lowest BCUT2D eigenvalue weighted by molar-refractivity contribution is 0.260. The van der Waals surface area contributed by atoms with Crippen LogP contribution in [0.5, 0.6) is 0 Å². The van der Waals surface area contributed by atoms with Crippen molar-refractivity contribution in [3.8, 4) is 11.3 Å². The molecule has 20 heavy (non-hydrogen) atoms. The molecule has 1 fully saturated rings. The van der Waals surface area contributed by atoms with Gasteiger partial charge in [-0.25, -0.2) is 0 Å². The van der Waals surface area contributed by atoms with E-state index in [1.807, 2.05) is 12.1 Å². The van der Waals surface area contributed by atoms with Crippen LogP contribution >= 0.6 is 15.9 Å². The second kappa shape index (κ2) is 6.57. The zero-order chi connectivity index (χ0) is 13.8. The summed E-state index contributed by atoms with van der Waals surface area (Å²) in [6.07, 6.45) is 1.21. The van der Waals surface area contributed by atoms with E-state index in [0.717, 1.165) is 54.3 Å². The molecule has 4 heteroatoms. The molecule has 1 aliphatic rings. The van der Waals surface area contributed by atoms with Gasteiger partial charge in [-0.05, 0) is 43.8 Å². The lowest BCUT2D eigenvalue weighted by Gasteiger charge is -2.17. The minimum Gasteiger partial charge on any atom is -0.460 e. The van der Waals surface area contributed by atoms with Crippen molar-refractivity contribution in [3.63, 3.8) is 0 Å². The van der Waals surface area contributed by atoms with Gasteiger partial charge in [-0.2, -0.15) is 0 Å². The first-order chi connectivity index (χ1) is 9.81. The maximum Gasteiger partial charge on any atom is 0.134 e. The summed E-state index contributed by atoms with van der Waals surface area (Å²) < 4.78 is 7.06. The molecule has 0 saturated carbocycles. The Morgan fingerprint density at radius 1 is 1.05 bits per heavy atom. The van der Waals surface area contributed by atoms with Crippen LogP contribution in [-0.2, 0) is 6.54 Å². The fourth-order valence-electron chi connectivity index (χ4n) is 2.51. The van der Waals surface area contributed by atoms with E-state index in [1.165, 1.54) is 6.42 Å². The molecule has 0 amide bonds. The van der Waals surface area contributed by atoms with Crippen LogP contribution in [0.4, 0.5) is 0 Å². The number of furan rings is 1. The molecular weight excluding hydrogens is 316 g/mol. The van der Waals surface area contributed by atoms with Crippen molar-refractivity contribution in [1.29, 1.82) is 0 Å². The van der Waals surface area contributed by atoms with Crippen LogP contribution < -0.4 is 5.32 Å². The van der Waals surface area contributed by atoms with E-state index in [0.29, 0.717) is 0 Å². The predicted molar refractivity (Wildman–Crippen MR) is 84.6 cm³/mol. The summed E-state index contributed by atoms with van der Waals surface area (Å²) in [6.45, 7) is 5.33. The molecule has 0 atom stereocenters. The molecule has 3 nitrogen and oxygen atoms in total. The molecule has 1 aliphatic heterocycles. The number of nitrogens with zero attached hydrogens (tertiary/aromatic N) is 1. The van der Waals surface area contributed by atoms with Crippen LogP contribution in [0.3, 0.4) is 0 Å². The molecule has 0 spiro atoms. The molecule has 2 heterocycles. The van der Waals surface area contributed by atoms with E-state index in [-0.39, 0.29) is 0 Å². The van der Waals surface area contributed by atoms with E-state index in [1.54, 1.807) is 0 Å². The predicted octanol–water partition coefficient (Wildman–Crippen LogP) is 3.50. The van der Waals surface area contributed by atoms with Gasteiger partial charge in [-0.15, -0.1) is 0 Å². The Bertz CT molecular complexity index is 542. The van der Waals surface area contributed by atoms with Gasteiger partial charge in [0.25, 0.3) is 0 Å². The highest BCUT2D eigenvalue weighted by molar-refractivity contribution is 9.10. The molecular formula is C16H19BrN2O. The highest BCUT2D eigenvalue weighted by Gasteiger charge is 2.12. The molecule has 106 valence electrons. The third-order valence-electron chi connectivity index (χ3n) is 3.60. The average Bonchev–Trinajstić information content (AvgIpc) is 2.76. The van der Waals surface area contributed by atoms with Gasteiger partial charge in [0.05, 0.1) is 6.54 Å². The quantitative estimate of drug-likeness (QED) is 0.931. The Morgan fingerprint density at radius 3 is 2.75 bits per heavy atom. The Kier molecular flexibility index (Phi) is 4.55. The van der Waals surface area contributed by atoms with Crippen LogP contribution in [0, 0.1) is 0 Å². The monoisotopic (exact) mass is 334 g/mol. The molecule has 3 rings (SSSR count). The molecule has 2 aromatic rings. The third-order valence-corrected chi connectivity index (χ3v) is 4.13. The summed E-state index contributed by atoms with van der Waals surface area (Å²) in [6, 6.07) is 12.4. The Hall–Kier alpha value is -1.10. The molecule has 1 saturated heterocycles. The maximum atomic E-state index is 5.98. The number of rotatable bonds is 3. The molecule has 1 N–H and O–H groups in total. The van der Waals surface area contributed by atoms with Gasteiger partial charge in [0.1, 0.15) is 11.5 Å². The maximum absolute atomic E-state index is 5.98. The van der Waals surface area contributed by atoms with Crippen LogP contribution in [0.1, 0.15) is 12.2 Å². The van der Waals surface area contributed by atoms with Crippen LogP contribution in [-0.4, -0.2) is 31.1 Å². The van der Waals surface area contributed by atoms with E-state index < -0.39 is 0 Å². The minimum atomic E-state index is 0.901. The van der Waals surface area contributed by atoms with Crippen molar-refractivity contribution in [1.82, 2.24) is 10.2 Å². The molecule has 0 radical (unpaired) electrons. The first kappa shape index (κ1) is 13.9. The Labute approximate surface area is 128 Å². The van der Waals surface area contributed by atoms with Gasteiger partial charge >= 0.3 is 0 Å². The first-order valence-corrected chi connectivity index (χ1v) is 7.88. The van der Waals surface area contributed by atoms with Crippen LogP contribution in [0.2, 0.25) is 0 Å². The van der Waals surface area contributed by atoms with Crippen molar-refractivity contribution in [2.75, 3.05) is 26.2 Å². The lowest BCUT2D eigenvalue weighted by atomic mass is 10.2. The van der Waals surface area contributed by atoms with Crippen molar-refractivity contribution in [2.45, 2.75) is 13.0 Å². The van der Waals surface area contributed by atoms with Gasteiger partial charge in [-0.3, -0.25) is 4.90 Å². The average molecular weight is 335 g/mol. The number of hydrogen-bond donors (Lipinski definition) is 1. The zero-order valence-electron chi connectivity index (χ0n) is 11.4.